The molecule has 1 atom stereocenters. The number of nitrogens with zero attached hydrogens (tertiary/aromatic N) is 2. The third kappa shape index (κ3) is 4.83. The van der Waals surface area contributed by atoms with Gasteiger partial charge in [0.05, 0.1) is 11.4 Å². The maximum atomic E-state index is 12.1. The van der Waals surface area contributed by atoms with E-state index in [1.165, 1.54) is 6.42 Å². The molecule has 2 heterocycles. The first-order valence-electron chi connectivity index (χ1n) is 8.73. The minimum Gasteiger partial charge on any atom is -0.352 e. The van der Waals surface area contributed by atoms with Crippen LogP contribution in [0, 0.1) is 19.8 Å². The third-order valence-electron chi connectivity index (χ3n) is 4.85. The van der Waals surface area contributed by atoms with Crippen LogP contribution in [0.4, 0.5) is 0 Å². The van der Waals surface area contributed by atoms with E-state index in [0.29, 0.717) is 18.9 Å². The van der Waals surface area contributed by atoms with Gasteiger partial charge < -0.3 is 10.6 Å². The van der Waals surface area contributed by atoms with Gasteiger partial charge in [0.25, 0.3) is 0 Å². The number of hydrogen-bond acceptors (Lipinski definition) is 3. The molecule has 1 aromatic heterocycles. The van der Waals surface area contributed by atoms with Crippen molar-refractivity contribution in [1.82, 2.24) is 20.4 Å². The van der Waals surface area contributed by atoms with Gasteiger partial charge >= 0.3 is 0 Å². The first-order valence-corrected chi connectivity index (χ1v) is 8.73. The van der Waals surface area contributed by atoms with E-state index in [-0.39, 0.29) is 18.3 Å². The van der Waals surface area contributed by atoms with Gasteiger partial charge in [-0.05, 0) is 57.8 Å². The van der Waals surface area contributed by atoms with Crippen LogP contribution in [0.2, 0.25) is 0 Å². The minimum atomic E-state index is 0. The van der Waals surface area contributed by atoms with Gasteiger partial charge in [0, 0.05) is 24.2 Å². The molecule has 6 heteroatoms. The van der Waals surface area contributed by atoms with Crippen LogP contribution in [0.25, 0.3) is 5.69 Å². The van der Waals surface area contributed by atoms with Crippen LogP contribution in [0.1, 0.15) is 36.2 Å². The number of halogens is 1. The molecule has 2 aromatic rings. The standard InChI is InChI=1S/C19H26N4O.ClH/c1-14-18(13-21-19(24)9-8-16-10-11-20-12-16)15(2)23(22-14)17-6-4-3-5-7-17;/h3-7,16,20H,8-13H2,1-2H3,(H,21,24);1H. The second kappa shape index (κ2) is 9.02. The monoisotopic (exact) mass is 362 g/mol. The Morgan fingerprint density at radius 2 is 2.08 bits per heavy atom. The Hall–Kier alpha value is -1.85. The smallest absolute Gasteiger partial charge is 0.220 e. The molecule has 0 radical (unpaired) electrons. The summed E-state index contributed by atoms with van der Waals surface area (Å²) in [6.45, 7) is 6.74. The van der Waals surface area contributed by atoms with E-state index in [4.69, 9.17) is 0 Å². The van der Waals surface area contributed by atoms with Crippen molar-refractivity contribution >= 4 is 18.3 Å². The van der Waals surface area contributed by atoms with Crippen LogP contribution in [0.15, 0.2) is 30.3 Å². The van der Waals surface area contributed by atoms with Gasteiger partial charge in [0.2, 0.25) is 5.91 Å². The molecule has 0 spiro atoms. The van der Waals surface area contributed by atoms with Crippen molar-refractivity contribution in [3.8, 4) is 5.69 Å². The van der Waals surface area contributed by atoms with Gasteiger partial charge in [-0.2, -0.15) is 5.10 Å². The Morgan fingerprint density at radius 3 is 2.76 bits per heavy atom. The second-order valence-corrected chi connectivity index (χ2v) is 6.57. The zero-order valence-corrected chi connectivity index (χ0v) is 15.7. The summed E-state index contributed by atoms with van der Waals surface area (Å²) in [6, 6.07) is 10.1. The molecule has 1 fully saturated rings. The Kier molecular flexibility index (Phi) is 7.02. The number of para-hydroxylation sites is 1. The van der Waals surface area contributed by atoms with Crippen LogP contribution in [0.5, 0.6) is 0 Å². The van der Waals surface area contributed by atoms with Crippen molar-refractivity contribution in [2.45, 2.75) is 39.7 Å². The molecule has 1 unspecified atom stereocenters. The number of benzene rings is 1. The maximum Gasteiger partial charge on any atom is 0.220 e. The van der Waals surface area contributed by atoms with Crippen molar-refractivity contribution < 1.29 is 4.79 Å². The molecule has 1 aliphatic rings. The highest BCUT2D eigenvalue weighted by Crippen LogP contribution is 2.18. The van der Waals surface area contributed by atoms with Gasteiger partial charge in [-0.1, -0.05) is 18.2 Å². The van der Waals surface area contributed by atoms with Crippen LogP contribution in [0.3, 0.4) is 0 Å². The summed E-state index contributed by atoms with van der Waals surface area (Å²) in [6.07, 6.45) is 2.77. The second-order valence-electron chi connectivity index (χ2n) is 6.57. The molecule has 3 rings (SSSR count). The first-order chi connectivity index (χ1) is 11.6. The van der Waals surface area contributed by atoms with Crippen molar-refractivity contribution in [3.63, 3.8) is 0 Å². The van der Waals surface area contributed by atoms with Crippen LogP contribution in [-0.4, -0.2) is 28.8 Å². The summed E-state index contributed by atoms with van der Waals surface area (Å²) in [5.41, 5.74) is 4.20. The maximum absolute atomic E-state index is 12.1. The lowest BCUT2D eigenvalue weighted by Crippen LogP contribution is -2.24. The Balaban J connectivity index is 0.00000225. The highest BCUT2D eigenvalue weighted by atomic mass is 35.5. The average Bonchev–Trinajstić information content (AvgIpc) is 3.21. The molecule has 1 saturated heterocycles. The number of aryl methyl sites for hydroxylation is 1. The third-order valence-corrected chi connectivity index (χ3v) is 4.85. The summed E-state index contributed by atoms with van der Waals surface area (Å²) >= 11 is 0. The SMILES string of the molecule is Cc1nn(-c2ccccc2)c(C)c1CNC(=O)CCC1CCNC1.Cl. The van der Waals surface area contributed by atoms with E-state index in [9.17, 15) is 4.79 Å². The van der Waals surface area contributed by atoms with E-state index < -0.39 is 0 Å². The van der Waals surface area contributed by atoms with Gasteiger partial charge in [-0.3, -0.25) is 4.79 Å². The van der Waals surface area contributed by atoms with E-state index in [1.54, 1.807) is 0 Å². The molecular formula is C19H27ClN4O. The Labute approximate surface area is 155 Å². The van der Waals surface area contributed by atoms with Crippen molar-refractivity contribution in [1.29, 1.82) is 0 Å². The largest absolute Gasteiger partial charge is 0.352 e. The van der Waals surface area contributed by atoms with E-state index in [1.807, 2.05) is 41.9 Å². The summed E-state index contributed by atoms with van der Waals surface area (Å²) in [5, 5.41) is 11.0. The molecule has 136 valence electrons. The highest BCUT2D eigenvalue weighted by molar-refractivity contribution is 5.85. The van der Waals surface area contributed by atoms with E-state index in [2.05, 4.69) is 22.7 Å². The highest BCUT2D eigenvalue weighted by Gasteiger charge is 2.17. The molecule has 0 bridgehead atoms. The molecule has 25 heavy (non-hydrogen) atoms. The number of carbonyl (C=O) groups excluding carboxylic acids is 1. The number of nitrogens with one attached hydrogen (secondary N) is 2. The van der Waals surface area contributed by atoms with Gasteiger partial charge in [-0.25, -0.2) is 4.68 Å². The Bertz CT molecular complexity index is 693. The molecule has 0 aliphatic carbocycles. The number of rotatable bonds is 6. The predicted octanol–water partition coefficient (Wildman–Crippen LogP) is 2.92. The fourth-order valence-electron chi connectivity index (χ4n) is 3.32. The van der Waals surface area contributed by atoms with E-state index >= 15 is 0 Å². The molecular weight excluding hydrogens is 336 g/mol. The zero-order chi connectivity index (χ0) is 16.9. The van der Waals surface area contributed by atoms with E-state index in [0.717, 1.165) is 42.1 Å². The molecule has 5 nitrogen and oxygen atoms in total. The number of hydrogen-bond donors (Lipinski definition) is 2. The zero-order valence-electron chi connectivity index (χ0n) is 14.9. The van der Waals surface area contributed by atoms with Crippen LogP contribution >= 0.6 is 12.4 Å². The summed E-state index contributed by atoms with van der Waals surface area (Å²) < 4.78 is 1.95. The molecule has 1 amide bonds. The summed E-state index contributed by atoms with van der Waals surface area (Å²) in [4.78, 5) is 12.1. The van der Waals surface area contributed by atoms with Crippen molar-refractivity contribution in [2.75, 3.05) is 13.1 Å². The van der Waals surface area contributed by atoms with Gasteiger partial charge in [-0.15, -0.1) is 12.4 Å². The predicted molar refractivity (Wildman–Crippen MR) is 102 cm³/mol. The molecule has 0 saturated carbocycles. The quantitative estimate of drug-likeness (QED) is 0.830. The lowest BCUT2D eigenvalue weighted by Gasteiger charge is -2.09. The van der Waals surface area contributed by atoms with Crippen molar-refractivity contribution in [3.05, 3.63) is 47.3 Å². The normalized spacial score (nSPS) is 16.5. The number of amides is 1. The summed E-state index contributed by atoms with van der Waals surface area (Å²) in [7, 11) is 0. The fraction of sp³-hybridized carbons (Fsp3) is 0.474. The lowest BCUT2D eigenvalue weighted by molar-refractivity contribution is -0.121. The topological polar surface area (TPSA) is 59.0 Å². The molecule has 1 aromatic carbocycles. The van der Waals surface area contributed by atoms with Gasteiger partial charge in [0.15, 0.2) is 0 Å². The van der Waals surface area contributed by atoms with Gasteiger partial charge in [0.1, 0.15) is 0 Å². The first kappa shape index (κ1) is 19.5. The van der Waals surface area contributed by atoms with Crippen LogP contribution in [-0.2, 0) is 11.3 Å². The van der Waals surface area contributed by atoms with Crippen molar-refractivity contribution in [2.24, 2.45) is 5.92 Å². The fourth-order valence-corrected chi connectivity index (χ4v) is 3.32. The van der Waals surface area contributed by atoms with Crippen LogP contribution < -0.4 is 10.6 Å². The number of carbonyl (C=O) groups is 1. The molecule has 2 N–H and O–H groups in total. The minimum absolute atomic E-state index is 0. The Morgan fingerprint density at radius 1 is 1.32 bits per heavy atom. The lowest BCUT2D eigenvalue weighted by atomic mass is 10.0. The average molecular weight is 363 g/mol. The summed E-state index contributed by atoms with van der Waals surface area (Å²) in [5.74, 6) is 0.785. The molecule has 1 aliphatic heterocycles. The number of aromatic nitrogens is 2.